The van der Waals surface area contributed by atoms with Gasteiger partial charge < -0.3 is 16.0 Å². The number of rotatable bonds is 4. The minimum atomic E-state index is 0.0250. The van der Waals surface area contributed by atoms with Crippen LogP contribution in [0.2, 0.25) is 0 Å². The van der Waals surface area contributed by atoms with Gasteiger partial charge in [0.15, 0.2) is 5.13 Å². The molecular formula is C13H22N4OS. The third kappa shape index (κ3) is 3.37. The van der Waals surface area contributed by atoms with Crippen LogP contribution in [0.4, 0.5) is 10.9 Å². The Kier molecular flexibility index (Phi) is 4.29. The molecule has 1 fully saturated rings. The number of amides is 1. The second-order valence-corrected chi connectivity index (χ2v) is 6.65. The number of carbonyl (C=O) groups excluding carboxylic acids is 1. The molecule has 1 atom stereocenters. The van der Waals surface area contributed by atoms with E-state index in [1.54, 1.807) is 0 Å². The fourth-order valence-corrected chi connectivity index (χ4v) is 2.97. The van der Waals surface area contributed by atoms with E-state index in [0.717, 1.165) is 31.2 Å². The van der Waals surface area contributed by atoms with E-state index >= 15 is 0 Å². The maximum absolute atomic E-state index is 12.4. The number of nitrogens with two attached hydrogens (primary N) is 1. The Bertz CT molecular complexity index is 457. The van der Waals surface area contributed by atoms with Crippen molar-refractivity contribution in [2.24, 2.45) is 11.8 Å². The van der Waals surface area contributed by atoms with Gasteiger partial charge in [0, 0.05) is 19.6 Å². The van der Waals surface area contributed by atoms with Gasteiger partial charge in [-0.1, -0.05) is 32.1 Å². The van der Waals surface area contributed by atoms with Crippen molar-refractivity contribution < 1.29 is 4.79 Å². The van der Waals surface area contributed by atoms with Gasteiger partial charge in [0.2, 0.25) is 0 Å². The molecule has 3 N–H and O–H groups in total. The van der Waals surface area contributed by atoms with E-state index in [0.29, 0.717) is 22.5 Å². The van der Waals surface area contributed by atoms with Crippen molar-refractivity contribution in [1.29, 1.82) is 0 Å². The van der Waals surface area contributed by atoms with Crippen LogP contribution in [0.25, 0.3) is 0 Å². The van der Waals surface area contributed by atoms with Crippen LogP contribution in [0.3, 0.4) is 0 Å². The molecule has 19 heavy (non-hydrogen) atoms. The van der Waals surface area contributed by atoms with Crippen LogP contribution in [0, 0.1) is 11.8 Å². The van der Waals surface area contributed by atoms with Crippen molar-refractivity contribution in [1.82, 2.24) is 9.88 Å². The number of anilines is 2. The quantitative estimate of drug-likeness (QED) is 0.888. The maximum atomic E-state index is 12.4. The Labute approximate surface area is 118 Å². The molecule has 5 nitrogen and oxygen atoms in total. The standard InChI is InChI=1S/C13H22N4OS/c1-8(2)6-15-13-16-11(14)10(19-13)12(18)17-5-4-9(3)7-17/h8-9H,4-7,14H2,1-3H3,(H,15,16). The molecule has 0 aliphatic carbocycles. The average Bonchev–Trinajstić information content (AvgIpc) is 2.92. The van der Waals surface area contributed by atoms with Crippen molar-refractivity contribution in [3.05, 3.63) is 4.88 Å². The number of nitrogens with one attached hydrogen (secondary N) is 1. The van der Waals surface area contributed by atoms with E-state index in [1.165, 1.54) is 11.3 Å². The number of nitrogens with zero attached hydrogens (tertiary/aromatic N) is 2. The van der Waals surface area contributed by atoms with E-state index < -0.39 is 0 Å². The highest BCUT2D eigenvalue weighted by Crippen LogP contribution is 2.28. The van der Waals surface area contributed by atoms with E-state index in [2.05, 4.69) is 31.1 Å². The van der Waals surface area contributed by atoms with Crippen LogP contribution in [0.5, 0.6) is 0 Å². The van der Waals surface area contributed by atoms with Crippen LogP contribution in [0.1, 0.15) is 36.9 Å². The molecule has 1 aliphatic heterocycles. The molecular weight excluding hydrogens is 260 g/mol. The SMILES string of the molecule is CC(C)CNc1nc(N)c(C(=O)N2CCC(C)C2)s1. The Morgan fingerprint density at radius 3 is 2.95 bits per heavy atom. The first-order chi connectivity index (χ1) is 8.97. The molecule has 0 saturated carbocycles. The molecule has 2 rings (SSSR count). The van der Waals surface area contributed by atoms with Crippen LogP contribution in [-0.2, 0) is 0 Å². The Morgan fingerprint density at radius 1 is 1.63 bits per heavy atom. The van der Waals surface area contributed by atoms with E-state index in [9.17, 15) is 4.79 Å². The zero-order valence-electron chi connectivity index (χ0n) is 11.8. The zero-order chi connectivity index (χ0) is 14.0. The Hall–Kier alpha value is -1.30. The smallest absolute Gasteiger partial charge is 0.267 e. The predicted molar refractivity (Wildman–Crippen MR) is 79.5 cm³/mol. The summed E-state index contributed by atoms with van der Waals surface area (Å²) in [5.74, 6) is 1.48. The lowest BCUT2D eigenvalue weighted by molar-refractivity contribution is 0.0793. The summed E-state index contributed by atoms with van der Waals surface area (Å²) in [6.07, 6.45) is 1.07. The number of carbonyl (C=O) groups is 1. The highest BCUT2D eigenvalue weighted by atomic mass is 32.1. The molecule has 1 aliphatic rings. The zero-order valence-corrected chi connectivity index (χ0v) is 12.6. The summed E-state index contributed by atoms with van der Waals surface area (Å²) < 4.78 is 0. The number of nitrogen functional groups attached to an aromatic ring is 1. The second kappa shape index (κ2) is 5.77. The summed E-state index contributed by atoms with van der Waals surface area (Å²) in [6, 6.07) is 0. The molecule has 1 amide bonds. The minimum Gasteiger partial charge on any atom is -0.382 e. The van der Waals surface area contributed by atoms with Gasteiger partial charge in [0.05, 0.1) is 0 Å². The average molecular weight is 282 g/mol. The molecule has 0 bridgehead atoms. The molecule has 106 valence electrons. The summed E-state index contributed by atoms with van der Waals surface area (Å²) in [4.78, 5) is 19.0. The molecule has 1 aromatic rings. The fraction of sp³-hybridized carbons (Fsp3) is 0.692. The first-order valence-corrected chi connectivity index (χ1v) is 7.58. The molecule has 1 saturated heterocycles. The van der Waals surface area contributed by atoms with Crippen molar-refractivity contribution in [3.63, 3.8) is 0 Å². The summed E-state index contributed by atoms with van der Waals surface area (Å²) in [6.45, 7) is 8.90. The Balaban J connectivity index is 2.05. The largest absolute Gasteiger partial charge is 0.382 e. The van der Waals surface area contributed by atoms with E-state index in [4.69, 9.17) is 5.73 Å². The van der Waals surface area contributed by atoms with Crippen molar-refractivity contribution in [2.75, 3.05) is 30.7 Å². The summed E-state index contributed by atoms with van der Waals surface area (Å²) >= 11 is 1.36. The van der Waals surface area contributed by atoms with Gasteiger partial charge in [-0.25, -0.2) is 4.98 Å². The first-order valence-electron chi connectivity index (χ1n) is 6.76. The highest BCUT2D eigenvalue weighted by molar-refractivity contribution is 7.18. The summed E-state index contributed by atoms with van der Waals surface area (Å²) in [7, 11) is 0. The third-order valence-corrected chi connectivity index (χ3v) is 4.24. The van der Waals surface area contributed by atoms with Crippen LogP contribution in [0.15, 0.2) is 0 Å². The lowest BCUT2D eigenvalue weighted by Crippen LogP contribution is -2.28. The summed E-state index contributed by atoms with van der Waals surface area (Å²) in [5.41, 5.74) is 5.86. The lowest BCUT2D eigenvalue weighted by atomic mass is 10.2. The van der Waals surface area contributed by atoms with Crippen molar-refractivity contribution in [3.8, 4) is 0 Å². The predicted octanol–water partition coefficient (Wildman–Crippen LogP) is 2.28. The molecule has 1 aromatic heterocycles. The number of hydrogen-bond acceptors (Lipinski definition) is 5. The van der Waals surface area contributed by atoms with Gasteiger partial charge in [0.25, 0.3) is 5.91 Å². The van der Waals surface area contributed by atoms with Gasteiger partial charge in [-0.3, -0.25) is 4.79 Å². The summed E-state index contributed by atoms with van der Waals surface area (Å²) in [5, 5.41) is 3.95. The normalized spacial score (nSPS) is 19.2. The molecule has 1 unspecified atom stereocenters. The lowest BCUT2D eigenvalue weighted by Gasteiger charge is -2.14. The van der Waals surface area contributed by atoms with Crippen molar-refractivity contribution in [2.45, 2.75) is 27.2 Å². The number of hydrogen-bond donors (Lipinski definition) is 2. The molecule has 6 heteroatoms. The topological polar surface area (TPSA) is 71.2 Å². The van der Waals surface area contributed by atoms with Crippen molar-refractivity contribution >= 4 is 28.2 Å². The molecule has 0 radical (unpaired) electrons. The third-order valence-electron chi connectivity index (χ3n) is 3.22. The Morgan fingerprint density at radius 2 is 2.37 bits per heavy atom. The minimum absolute atomic E-state index is 0.0250. The van der Waals surface area contributed by atoms with E-state index in [1.807, 2.05) is 4.90 Å². The van der Waals surface area contributed by atoms with Gasteiger partial charge in [0.1, 0.15) is 10.7 Å². The first kappa shape index (κ1) is 14.1. The number of aromatic nitrogens is 1. The highest BCUT2D eigenvalue weighted by Gasteiger charge is 2.27. The number of likely N-dealkylation sites (tertiary alicyclic amines) is 1. The fourth-order valence-electron chi connectivity index (χ4n) is 2.12. The van der Waals surface area contributed by atoms with Crippen LogP contribution in [-0.4, -0.2) is 35.4 Å². The van der Waals surface area contributed by atoms with Gasteiger partial charge in [-0.05, 0) is 18.3 Å². The van der Waals surface area contributed by atoms with Crippen LogP contribution < -0.4 is 11.1 Å². The number of thiazole rings is 1. The second-order valence-electron chi connectivity index (χ2n) is 5.65. The van der Waals surface area contributed by atoms with Crippen LogP contribution >= 0.6 is 11.3 Å². The van der Waals surface area contributed by atoms with Gasteiger partial charge in [-0.2, -0.15) is 0 Å². The molecule has 2 heterocycles. The maximum Gasteiger partial charge on any atom is 0.267 e. The molecule has 0 aromatic carbocycles. The van der Waals surface area contributed by atoms with E-state index in [-0.39, 0.29) is 5.91 Å². The molecule has 0 spiro atoms. The van der Waals surface area contributed by atoms with Gasteiger partial charge >= 0.3 is 0 Å². The van der Waals surface area contributed by atoms with Gasteiger partial charge in [-0.15, -0.1) is 0 Å². The monoisotopic (exact) mass is 282 g/mol.